The van der Waals surface area contributed by atoms with Crippen molar-refractivity contribution < 1.29 is 4.79 Å². The Morgan fingerprint density at radius 3 is 3.06 bits per heavy atom. The van der Waals surface area contributed by atoms with Crippen LogP contribution >= 0.6 is 0 Å². The van der Waals surface area contributed by atoms with Crippen molar-refractivity contribution >= 4 is 16.9 Å². The number of carbonyl (C=O) groups excluding carboxylic acids is 1. The number of carbonyl (C=O) groups is 1. The molecule has 3 N–H and O–H groups in total. The first-order valence-electron chi connectivity index (χ1n) is 5.68. The first kappa shape index (κ1) is 11.6. The van der Waals surface area contributed by atoms with Crippen LogP contribution in [0.25, 0.3) is 11.0 Å². The molecule has 0 unspecified atom stereocenters. The molecule has 0 aliphatic rings. The van der Waals surface area contributed by atoms with Gasteiger partial charge in [-0.2, -0.15) is 0 Å². The average Bonchev–Trinajstić information content (AvgIpc) is 2.78. The number of para-hydroxylation sites is 2. The summed E-state index contributed by atoms with van der Waals surface area (Å²) >= 11 is 0. The van der Waals surface area contributed by atoms with Gasteiger partial charge in [-0.15, -0.1) is 0 Å². The summed E-state index contributed by atoms with van der Waals surface area (Å²) in [7, 11) is 0. The maximum atomic E-state index is 10.9. The van der Waals surface area contributed by atoms with Crippen LogP contribution in [0.1, 0.15) is 6.42 Å². The fourth-order valence-electron chi connectivity index (χ4n) is 1.74. The number of benzene rings is 1. The third kappa shape index (κ3) is 2.82. The van der Waals surface area contributed by atoms with Gasteiger partial charge in [0, 0.05) is 13.1 Å². The topological polar surface area (TPSA) is 72.9 Å². The van der Waals surface area contributed by atoms with Gasteiger partial charge in [-0.1, -0.05) is 12.1 Å². The minimum Gasteiger partial charge on any atom is -0.355 e. The number of aromatic nitrogens is 2. The van der Waals surface area contributed by atoms with Gasteiger partial charge >= 0.3 is 0 Å². The van der Waals surface area contributed by atoms with Gasteiger partial charge in [-0.3, -0.25) is 4.79 Å². The van der Waals surface area contributed by atoms with Crippen molar-refractivity contribution in [1.82, 2.24) is 14.9 Å². The van der Waals surface area contributed by atoms with Crippen LogP contribution in [-0.4, -0.2) is 28.5 Å². The zero-order chi connectivity index (χ0) is 12.1. The molecule has 0 bridgehead atoms. The third-order valence-electron chi connectivity index (χ3n) is 2.61. The molecule has 1 amide bonds. The van der Waals surface area contributed by atoms with Crippen LogP contribution in [-0.2, 0) is 11.3 Å². The number of nitrogens with zero attached hydrogens (tertiary/aromatic N) is 2. The van der Waals surface area contributed by atoms with E-state index in [4.69, 9.17) is 5.73 Å². The maximum absolute atomic E-state index is 10.9. The number of fused-ring (bicyclic) bond motifs is 1. The van der Waals surface area contributed by atoms with Gasteiger partial charge in [0.2, 0.25) is 5.91 Å². The fraction of sp³-hybridized carbons (Fsp3) is 0.333. The summed E-state index contributed by atoms with van der Waals surface area (Å²) in [6.45, 7) is 1.53. The smallest absolute Gasteiger partial charge is 0.233 e. The van der Waals surface area contributed by atoms with E-state index in [2.05, 4.69) is 14.9 Å². The number of imidazole rings is 1. The second-order valence-corrected chi connectivity index (χ2v) is 3.83. The van der Waals surface area contributed by atoms with Crippen LogP contribution < -0.4 is 11.1 Å². The van der Waals surface area contributed by atoms with Crippen molar-refractivity contribution in [3.63, 3.8) is 0 Å². The minimum absolute atomic E-state index is 0.0496. The van der Waals surface area contributed by atoms with E-state index < -0.39 is 0 Å². The molecule has 2 aromatic rings. The Labute approximate surface area is 99.6 Å². The number of hydrogen-bond acceptors (Lipinski definition) is 3. The van der Waals surface area contributed by atoms with Crippen LogP contribution in [0.15, 0.2) is 30.6 Å². The largest absolute Gasteiger partial charge is 0.355 e. The lowest BCUT2D eigenvalue weighted by molar-refractivity contribution is -0.119. The molecule has 0 aliphatic heterocycles. The molecule has 0 saturated heterocycles. The number of aryl methyl sites for hydroxylation is 1. The lowest BCUT2D eigenvalue weighted by Crippen LogP contribution is -2.31. The van der Waals surface area contributed by atoms with Crippen molar-refractivity contribution in [3.8, 4) is 0 Å². The molecule has 1 aromatic carbocycles. The third-order valence-corrected chi connectivity index (χ3v) is 2.61. The van der Waals surface area contributed by atoms with E-state index >= 15 is 0 Å². The summed E-state index contributed by atoms with van der Waals surface area (Å²) in [4.78, 5) is 15.2. The quantitative estimate of drug-likeness (QED) is 0.737. The molecule has 0 radical (unpaired) electrons. The molecule has 5 nitrogen and oxygen atoms in total. The summed E-state index contributed by atoms with van der Waals surface area (Å²) in [5.41, 5.74) is 7.32. The zero-order valence-corrected chi connectivity index (χ0v) is 9.60. The van der Waals surface area contributed by atoms with Crippen LogP contribution in [0, 0.1) is 0 Å². The number of nitrogens with one attached hydrogen (secondary N) is 1. The molecule has 1 aromatic heterocycles. The molecular weight excluding hydrogens is 216 g/mol. The van der Waals surface area contributed by atoms with Crippen molar-refractivity contribution in [2.75, 3.05) is 13.1 Å². The van der Waals surface area contributed by atoms with Crippen LogP contribution in [0.2, 0.25) is 0 Å². The number of amides is 1. The van der Waals surface area contributed by atoms with Gasteiger partial charge in [0.25, 0.3) is 0 Å². The normalized spacial score (nSPS) is 10.6. The number of hydrogen-bond donors (Lipinski definition) is 2. The predicted octanol–water partition coefficient (Wildman–Crippen LogP) is 0.501. The van der Waals surface area contributed by atoms with Gasteiger partial charge in [0.05, 0.1) is 23.9 Å². The van der Waals surface area contributed by atoms with E-state index in [1.807, 2.05) is 30.6 Å². The molecule has 1 heterocycles. The van der Waals surface area contributed by atoms with Gasteiger partial charge in [-0.25, -0.2) is 4.98 Å². The highest BCUT2D eigenvalue weighted by atomic mass is 16.1. The van der Waals surface area contributed by atoms with Crippen molar-refractivity contribution in [1.29, 1.82) is 0 Å². The molecule has 17 heavy (non-hydrogen) atoms. The van der Waals surface area contributed by atoms with Crippen LogP contribution in [0.4, 0.5) is 0 Å². The Morgan fingerprint density at radius 2 is 2.24 bits per heavy atom. The first-order chi connectivity index (χ1) is 8.31. The molecule has 0 aliphatic carbocycles. The van der Waals surface area contributed by atoms with Gasteiger partial charge in [0.15, 0.2) is 0 Å². The van der Waals surface area contributed by atoms with Crippen molar-refractivity contribution in [2.24, 2.45) is 5.73 Å². The Kier molecular flexibility index (Phi) is 3.72. The lowest BCUT2D eigenvalue weighted by Gasteiger charge is -2.05. The Morgan fingerprint density at radius 1 is 1.41 bits per heavy atom. The van der Waals surface area contributed by atoms with E-state index in [-0.39, 0.29) is 12.5 Å². The average molecular weight is 232 g/mol. The Hall–Kier alpha value is -1.88. The predicted molar refractivity (Wildman–Crippen MR) is 66.4 cm³/mol. The highest BCUT2D eigenvalue weighted by molar-refractivity contribution is 5.77. The second kappa shape index (κ2) is 5.45. The molecule has 90 valence electrons. The monoisotopic (exact) mass is 232 g/mol. The van der Waals surface area contributed by atoms with E-state index in [9.17, 15) is 4.79 Å². The molecule has 2 rings (SSSR count). The maximum Gasteiger partial charge on any atom is 0.233 e. The molecule has 0 fully saturated rings. The molecule has 0 saturated carbocycles. The fourth-order valence-corrected chi connectivity index (χ4v) is 1.74. The highest BCUT2D eigenvalue weighted by Gasteiger charge is 2.01. The summed E-state index contributed by atoms with van der Waals surface area (Å²) < 4.78 is 2.09. The zero-order valence-electron chi connectivity index (χ0n) is 9.60. The Balaban J connectivity index is 1.89. The molecule has 0 spiro atoms. The first-order valence-corrected chi connectivity index (χ1v) is 5.68. The standard InChI is InChI=1S/C12H16N4O/c13-8-12(17)14-6-3-7-16-9-15-10-4-1-2-5-11(10)16/h1-2,4-5,9H,3,6-8,13H2,(H,14,17). The van der Waals surface area contributed by atoms with E-state index in [1.165, 1.54) is 0 Å². The summed E-state index contributed by atoms with van der Waals surface area (Å²) in [5.74, 6) is -0.111. The molecular formula is C12H16N4O. The van der Waals surface area contributed by atoms with E-state index in [1.54, 1.807) is 0 Å². The van der Waals surface area contributed by atoms with Gasteiger partial charge < -0.3 is 15.6 Å². The Bertz CT molecular complexity index is 506. The van der Waals surface area contributed by atoms with Crippen LogP contribution in [0.5, 0.6) is 0 Å². The van der Waals surface area contributed by atoms with Crippen molar-refractivity contribution in [3.05, 3.63) is 30.6 Å². The minimum atomic E-state index is -0.111. The SMILES string of the molecule is NCC(=O)NCCCn1cnc2ccccc21. The van der Waals surface area contributed by atoms with Gasteiger partial charge in [0.1, 0.15) is 0 Å². The molecule has 5 heteroatoms. The summed E-state index contributed by atoms with van der Waals surface area (Å²) in [5, 5.41) is 2.75. The van der Waals surface area contributed by atoms with Gasteiger partial charge in [-0.05, 0) is 18.6 Å². The van der Waals surface area contributed by atoms with E-state index in [0.717, 1.165) is 24.0 Å². The molecule has 0 atom stereocenters. The highest BCUT2D eigenvalue weighted by Crippen LogP contribution is 2.11. The van der Waals surface area contributed by atoms with E-state index in [0.29, 0.717) is 6.54 Å². The summed E-state index contributed by atoms with van der Waals surface area (Å²) in [6, 6.07) is 8.00. The summed E-state index contributed by atoms with van der Waals surface area (Å²) in [6.07, 6.45) is 2.70. The number of nitrogens with two attached hydrogens (primary N) is 1. The lowest BCUT2D eigenvalue weighted by atomic mass is 10.3. The van der Waals surface area contributed by atoms with Crippen LogP contribution in [0.3, 0.4) is 0 Å². The van der Waals surface area contributed by atoms with Crippen molar-refractivity contribution in [2.45, 2.75) is 13.0 Å². The second-order valence-electron chi connectivity index (χ2n) is 3.83. The number of rotatable bonds is 5.